The highest BCUT2D eigenvalue weighted by Gasteiger charge is 2.18. The molecule has 0 saturated heterocycles. The third-order valence-electron chi connectivity index (χ3n) is 2.73. The normalized spacial score (nSPS) is 19.4. The van der Waals surface area contributed by atoms with Crippen LogP contribution in [0.25, 0.3) is 0 Å². The summed E-state index contributed by atoms with van der Waals surface area (Å²) in [6.45, 7) is 0. The van der Waals surface area contributed by atoms with Crippen LogP contribution >= 0.6 is 15.9 Å². The minimum atomic E-state index is 0.127. The first kappa shape index (κ1) is 11.4. The zero-order chi connectivity index (χ0) is 11.4. The van der Waals surface area contributed by atoms with Gasteiger partial charge in [0.05, 0.1) is 0 Å². The van der Waals surface area contributed by atoms with Crippen LogP contribution in [0.4, 0.5) is 5.69 Å². The Morgan fingerprint density at radius 1 is 1.38 bits per heavy atom. The fourth-order valence-corrected chi connectivity index (χ4v) is 2.24. The molecule has 1 N–H and O–H groups in total. The van der Waals surface area contributed by atoms with Crippen molar-refractivity contribution in [3.63, 3.8) is 0 Å². The Morgan fingerprint density at radius 3 is 2.94 bits per heavy atom. The van der Waals surface area contributed by atoms with Gasteiger partial charge in [0.25, 0.3) is 0 Å². The minimum Gasteiger partial charge on any atom is -0.326 e. The van der Waals surface area contributed by atoms with E-state index in [-0.39, 0.29) is 11.8 Å². The number of allylic oxidation sites excluding steroid dienone is 2. The third-order valence-corrected chi connectivity index (χ3v) is 3.23. The highest BCUT2D eigenvalue weighted by Crippen LogP contribution is 2.21. The maximum absolute atomic E-state index is 11.9. The number of nitrogens with one attached hydrogen (secondary N) is 1. The Kier molecular flexibility index (Phi) is 3.78. The van der Waals surface area contributed by atoms with Crippen LogP contribution in [0.5, 0.6) is 0 Å². The van der Waals surface area contributed by atoms with Crippen LogP contribution < -0.4 is 5.32 Å². The van der Waals surface area contributed by atoms with E-state index < -0.39 is 0 Å². The van der Waals surface area contributed by atoms with Crippen LogP contribution in [0.15, 0.2) is 40.9 Å². The van der Waals surface area contributed by atoms with Gasteiger partial charge in [-0.05, 0) is 37.5 Å². The van der Waals surface area contributed by atoms with E-state index in [1.54, 1.807) is 0 Å². The van der Waals surface area contributed by atoms with Crippen molar-refractivity contribution in [2.75, 3.05) is 5.32 Å². The number of benzene rings is 1. The van der Waals surface area contributed by atoms with Crippen molar-refractivity contribution < 1.29 is 4.79 Å². The number of anilines is 1. The number of hydrogen-bond donors (Lipinski definition) is 1. The molecule has 1 atom stereocenters. The predicted octanol–water partition coefficient (Wildman–Crippen LogP) is 3.74. The van der Waals surface area contributed by atoms with Gasteiger partial charge < -0.3 is 5.32 Å². The van der Waals surface area contributed by atoms with Gasteiger partial charge in [0, 0.05) is 16.1 Å². The zero-order valence-corrected chi connectivity index (χ0v) is 10.5. The number of halogens is 1. The Labute approximate surface area is 104 Å². The number of hydrogen-bond acceptors (Lipinski definition) is 1. The van der Waals surface area contributed by atoms with Crippen molar-refractivity contribution in [1.82, 2.24) is 0 Å². The summed E-state index contributed by atoms with van der Waals surface area (Å²) >= 11 is 3.39. The molecule has 84 valence electrons. The molecule has 1 aromatic rings. The van der Waals surface area contributed by atoms with Crippen LogP contribution in [0.1, 0.15) is 19.3 Å². The lowest BCUT2D eigenvalue weighted by atomic mass is 9.93. The maximum atomic E-state index is 11.9. The molecule has 0 radical (unpaired) electrons. The van der Waals surface area contributed by atoms with Crippen LogP contribution in [0.3, 0.4) is 0 Å². The molecular formula is C13H14BrNO. The maximum Gasteiger partial charge on any atom is 0.227 e. The first-order valence-electron chi connectivity index (χ1n) is 5.47. The van der Waals surface area contributed by atoms with Crippen molar-refractivity contribution in [2.24, 2.45) is 5.92 Å². The second kappa shape index (κ2) is 5.30. The highest BCUT2D eigenvalue weighted by atomic mass is 79.9. The Morgan fingerprint density at radius 2 is 2.25 bits per heavy atom. The molecule has 1 aliphatic carbocycles. The average molecular weight is 280 g/mol. The second-order valence-corrected chi connectivity index (χ2v) is 4.90. The van der Waals surface area contributed by atoms with E-state index in [2.05, 4.69) is 33.4 Å². The lowest BCUT2D eigenvalue weighted by Gasteiger charge is -2.17. The van der Waals surface area contributed by atoms with Crippen molar-refractivity contribution in [3.8, 4) is 0 Å². The van der Waals surface area contributed by atoms with Crippen LogP contribution in [-0.2, 0) is 4.79 Å². The molecular weight excluding hydrogens is 266 g/mol. The predicted molar refractivity (Wildman–Crippen MR) is 69.3 cm³/mol. The topological polar surface area (TPSA) is 29.1 Å². The largest absolute Gasteiger partial charge is 0.326 e. The summed E-state index contributed by atoms with van der Waals surface area (Å²) in [4.78, 5) is 11.9. The molecule has 0 unspecified atom stereocenters. The summed E-state index contributed by atoms with van der Waals surface area (Å²) < 4.78 is 0.980. The molecule has 16 heavy (non-hydrogen) atoms. The summed E-state index contributed by atoms with van der Waals surface area (Å²) in [5, 5.41) is 2.95. The van der Waals surface area contributed by atoms with Gasteiger partial charge in [0.1, 0.15) is 0 Å². The first-order chi connectivity index (χ1) is 7.75. The van der Waals surface area contributed by atoms with Crippen molar-refractivity contribution >= 4 is 27.5 Å². The van der Waals surface area contributed by atoms with Crippen molar-refractivity contribution in [1.29, 1.82) is 0 Å². The Balaban J connectivity index is 1.99. The first-order valence-corrected chi connectivity index (χ1v) is 6.26. The summed E-state index contributed by atoms with van der Waals surface area (Å²) in [5.41, 5.74) is 0.855. The van der Waals surface area contributed by atoms with Gasteiger partial charge >= 0.3 is 0 Å². The fourth-order valence-electron chi connectivity index (χ4n) is 1.84. The molecule has 0 aliphatic heterocycles. The van der Waals surface area contributed by atoms with E-state index in [9.17, 15) is 4.79 Å². The van der Waals surface area contributed by atoms with E-state index >= 15 is 0 Å². The monoisotopic (exact) mass is 279 g/mol. The Bertz CT molecular complexity index is 414. The summed E-state index contributed by atoms with van der Waals surface area (Å²) in [7, 11) is 0. The molecule has 2 rings (SSSR count). The van der Waals surface area contributed by atoms with Crippen molar-refractivity contribution in [2.45, 2.75) is 19.3 Å². The van der Waals surface area contributed by atoms with Gasteiger partial charge in [-0.25, -0.2) is 0 Å². The van der Waals surface area contributed by atoms with Gasteiger partial charge in [-0.2, -0.15) is 0 Å². The number of carbonyl (C=O) groups is 1. The molecule has 0 aromatic heterocycles. The van der Waals surface area contributed by atoms with Crippen LogP contribution in [0, 0.1) is 5.92 Å². The van der Waals surface area contributed by atoms with E-state index in [4.69, 9.17) is 0 Å². The molecule has 0 fully saturated rings. The Hall–Kier alpha value is -1.09. The molecule has 3 heteroatoms. The summed E-state index contributed by atoms with van der Waals surface area (Å²) in [6, 6.07) is 7.68. The second-order valence-electron chi connectivity index (χ2n) is 3.98. The molecule has 0 bridgehead atoms. The summed E-state index contributed by atoms with van der Waals surface area (Å²) in [6.07, 6.45) is 7.06. The molecule has 0 spiro atoms. The quantitative estimate of drug-likeness (QED) is 0.821. The molecule has 1 amide bonds. The zero-order valence-electron chi connectivity index (χ0n) is 8.95. The smallest absolute Gasteiger partial charge is 0.227 e. The minimum absolute atomic E-state index is 0.127. The fraction of sp³-hybridized carbons (Fsp3) is 0.308. The van der Waals surface area contributed by atoms with E-state index in [0.717, 1.165) is 29.4 Å². The lowest BCUT2D eigenvalue weighted by molar-refractivity contribution is -0.120. The van der Waals surface area contributed by atoms with Gasteiger partial charge in [-0.1, -0.05) is 34.1 Å². The lowest BCUT2D eigenvalue weighted by Crippen LogP contribution is -2.23. The summed E-state index contributed by atoms with van der Waals surface area (Å²) in [5.74, 6) is 0.256. The molecule has 1 aliphatic rings. The third kappa shape index (κ3) is 2.95. The number of rotatable bonds is 2. The van der Waals surface area contributed by atoms with E-state index in [1.807, 2.05) is 24.3 Å². The molecule has 0 saturated carbocycles. The van der Waals surface area contributed by atoms with Crippen molar-refractivity contribution in [3.05, 3.63) is 40.9 Å². The SMILES string of the molecule is O=C(Nc1cccc(Br)c1)[C@@H]1CC=CCC1. The molecule has 0 heterocycles. The van der Waals surface area contributed by atoms with Crippen LogP contribution in [-0.4, -0.2) is 5.91 Å². The molecule has 2 nitrogen and oxygen atoms in total. The van der Waals surface area contributed by atoms with E-state index in [0.29, 0.717) is 0 Å². The standard InChI is InChI=1S/C13H14BrNO/c14-11-7-4-8-12(9-11)15-13(16)10-5-2-1-3-6-10/h1-2,4,7-10H,3,5-6H2,(H,15,16)/t10-/m1/s1. The number of amides is 1. The molecule has 1 aromatic carbocycles. The van der Waals surface area contributed by atoms with E-state index in [1.165, 1.54) is 0 Å². The van der Waals surface area contributed by atoms with Gasteiger partial charge in [0.2, 0.25) is 5.91 Å². The van der Waals surface area contributed by atoms with Gasteiger partial charge in [0.15, 0.2) is 0 Å². The highest BCUT2D eigenvalue weighted by molar-refractivity contribution is 9.10. The van der Waals surface area contributed by atoms with Gasteiger partial charge in [-0.15, -0.1) is 0 Å². The number of carbonyl (C=O) groups excluding carboxylic acids is 1. The average Bonchev–Trinajstić information content (AvgIpc) is 2.30. The van der Waals surface area contributed by atoms with Crippen LogP contribution in [0.2, 0.25) is 0 Å². The van der Waals surface area contributed by atoms with Gasteiger partial charge in [-0.3, -0.25) is 4.79 Å².